The molecule has 0 atom stereocenters. The van der Waals surface area contributed by atoms with Crippen molar-refractivity contribution in [3.05, 3.63) is 59.7 Å². The number of hydrogen-bond donors (Lipinski definition) is 2. The van der Waals surface area contributed by atoms with Crippen molar-refractivity contribution < 1.29 is 9.53 Å². The minimum atomic E-state index is 0.0259. The number of nitrogens with one attached hydrogen (secondary N) is 1. The topological polar surface area (TPSA) is 64.3 Å². The highest BCUT2D eigenvalue weighted by molar-refractivity contribution is 5.75. The average molecular weight is 284 g/mol. The zero-order chi connectivity index (χ0) is 15.1. The number of carbonyl (C=O) groups excluding carboxylic acids is 1. The van der Waals surface area contributed by atoms with Crippen molar-refractivity contribution in [1.29, 1.82) is 0 Å². The van der Waals surface area contributed by atoms with Gasteiger partial charge in [0.2, 0.25) is 5.91 Å². The summed E-state index contributed by atoms with van der Waals surface area (Å²) in [5.41, 5.74) is 8.72. The molecular weight excluding hydrogens is 264 g/mol. The molecule has 0 aliphatic heterocycles. The minimum Gasteiger partial charge on any atom is -0.487 e. The monoisotopic (exact) mass is 284 g/mol. The van der Waals surface area contributed by atoms with Crippen LogP contribution in [0.4, 0.5) is 5.69 Å². The van der Waals surface area contributed by atoms with Gasteiger partial charge in [-0.1, -0.05) is 36.4 Å². The molecular formula is C17H20N2O2. The maximum absolute atomic E-state index is 11.2. The van der Waals surface area contributed by atoms with Crippen LogP contribution in [0.25, 0.3) is 0 Å². The van der Waals surface area contributed by atoms with E-state index < -0.39 is 0 Å². The molecule has 0 spiro atoms. The zero-order valence-corrected chi connectivity index (χ0v) is 12.1. The Bertz CT molecular complexity index is 597. The molecule has 0 saturated carbocycles. The van der Waals surface area contributed by atoms with Crippen molar-refractivity contribution in [3.63, 3.8) is 0 Å². The highest BCUT2D eigenvalue weighted by atomic mass is 16.5. The summed E-state index contributed by atoms with van der Waals surface area (Å²) in [7, 11) is 1.64. The maximum atomic E-state index is 11.2. The van der Waals surface area contributed by atoms with Crippen LogP contribution in [-0.4, -0.2) is 13.0 Å². The maximum Gasteiger partial charge on any atom is 0.220 e. The van der Waals surface area contributed by atoms with E-state index in [4.69, 9.17) is 10.5 Å². The number of nitrogens with two attached hydrogens (primary N) is 1. The molecule has 2 aromatic carbocycles. The Morgan fingerprint density at radius 2 is 1.90 bits per heavy atom. The fourth-order valence-corrected chi connectivity index (χ4v) is 2.00. The van der Waals surface area contributed by atoms with Crippen molar-refractivity contribution in [3.8, 4) is 5.75 Å². The third-order valence-corrected chi connectivity index (χ3v) is 3.23. The summed E-state index contributed by atoms with van der Waals surface area (Å²) in [5.74, 6) is 0.695. The van der Waals surface area contributed by atoms with Gasteiger partial charge in [0.1, 0.15) is 12.4 Å². The van der Waals surface area contributed by atoms with Crippen LogP contribution in [-0.2, 0) is 17.8 Å². The molecule has 0 aliphatic rings. The Kier molecular flexibility index (Phi) is 5.21. The average Bonchev–Trinajstić information content (AvgIpc) is 2.52. The number of nitrogen functional groups attached to an aromatic ring is 1. The number of benzene rings is 2. The molecule has 21 heavy (non-hydrogen) atoms. The molecule has 0 bridgehead atoms. The standard InChI is InChI=1S/C17H20N2O2/c1-19-17(20)10-8-13-7-9-16(15(18)11-13)21-12-14-5-3-2-4-6-14/h2-7,9,11H,8,10,12,18H2,1H3,(H,19,20). The highest BCUT2D eigenvalue weighted by Crippen LogP contribution is 2.24. The summed E-state index contributed by atoms with van der Waals surface area (Å²) in [6.07, 6.45) is 1.13. The molecule has 0 aromatic heterocycles. The Morgan fingerprint density at radius 3 is 2.57 bits per heavy atom. The molecule has 4 nitrogen and oxygen atoms in total. The second-order valence-corrected chi connectivity index (χ2v) is 4.82. The summed E-state index contributed by atoms with van der Waals surface area (Å²) in [6.45, 7) is 0.489. The van der Waals surface area contributed by atoms with E-state index in [0.717, 1.165) is 11.1 Å². The van der Waals surface area contributed by atoms with Crippen LogP contribution in [0.3, 0.4) is 0 Å². The Hall–Kier alpha value is -2.49. The molecule has 1 amide bonds. The summed E-state index contributed by atoms with van der Waals surface area (Å²) in [5, 5.41) is 2.60. The number of rotatable bonds is 6. The lowest BCUT2D eigenvalue weighted by molar-refractivity contribution is -0.120. The van der Waals surface area contributed by atoms with Gasteiger partial charge in [0.15, 0.2) is 0 Å². The van der Waals surface area contributed by atoms with E-state index in [1.165, 1.54) is 0 Å². The Balaban J connectivity index is 1.94. The fraction of sp³-hybridized carbons (Fsp3) is 0.235. The van der Waals surface area contributed by atoms with Gasteiger partial charge in [-0.05, 0) is 29.7 Å². The molecule has 0 unspecified atom stereocenters. The van der Waals surface area contributed by atoms with Crippen molar-refractivity contribution in [2.24, 2.45) is 0 Å². The van der Waals surface area contributed by atoms with Gasteiger partial charge in [-0.3, -0.25) is 4.79 Å². The molecule has 0 fully saturated rings. The molecule has 0 saturated heterocycles. The number of anilines is 1. The smallest absolute Gasteiger partial charge is 0.220 e. The molecule has 0 aliphatic carbocycles. The van der Waals surface area contributed by atoms with Crippen molar-refractivity contribution in [2.45, 2.75) is 19.4 Å². The number of ether oxygens (including phenoxy) is 1. The number of amides is 1. The second kappa shape index (κ2) is 7.33. The van der Waals surface area contributed by atoms with Gasteiger partial charge >= 0.3 is 0 Å². The lowest BCUT2D eigenvalue weighted by atomic mass is 10.1. The number of hydrogen-bond acceptors (Lipinski definition) is 3. The van der Waals surface area contributed by atoms with Crippen LogP contribution in [0.2, 0.25) is 0 Å². The summed E-state index contributed by atoms with van der Waals surface area (Å²) in [6, 6.07) is 15.6. The van der Waals surface area contributed by atoms with Gasteiger partial charge in [0, 0.05) is 13.5 Å². The summed E-state index contributed by atoms with van der Waals surface area (Å²) < 4.78 is 5.72. The summed E-state index contributed by atoms with van der Waals surface area (Å²) >= 11 is 0. The first kappa shape index (κ1) is 14.9. The second-order valence-electron chi connectivity index (χ2n) is 4.82. The molecule has 2 aromatic rings. The Morgan fingerprint density at radius 1 is 1.14 bits per heavy atom. The molecule has 2 rings (SSSR count). The number of carbonyl (C=O) groups is 1. The SMILES string of the molecule is CNC(=O)CCc1ccc(OCc2ccccc2)c(N)c1. The third-order valence-electron chi connectivity index (χ3n) is 3.23. The molecule has 3 N–H and O–H groups in total. The van der Waals surface area contributed by atoms with Gasteiger partial charge in [0.25, 0.3) is 0 Å². The van der Waals surface area contributed by atoms with E-state index in [1.54, 1.807) is 7.05 Å². The number of aryl methyl sites for hydroxylation is 1. The highest BCUT2D eigenvalue weighted by Gasteiger charge is 2.05. The van der Waals surface area contributed by atoms with Crippen LogP contribution < -0.4 is 15.8 Å². The van der Waals surface area contributed by atoms with Gasteiger partial charge < -0.3 is 15.8 Å². The minimum absolute atomic E-state index is 0.0259. The van der Waals surface area contributed by atoms with Gasteiger partial charge in [0.05, 0.1) is 5.69 Å². The van der Waals surface area contributed by atoms with E-state index in [2.05, 4.69) is 5.32 Å². The molecule has 0 radical (unpaired) electrons. The van der Waals surface area contributed by atoms with E-state index in [1.807, 2.05) is 48.5 Å². The third kappa shape index (κ3) is 4.53. The first-order valence-electron chi connectivity index (χ1n) is 6.94. The predicted molar refractivity (Wildman–Crippen MR) is 84.0 cm³/mol. The quantitative estimate of drug-likeness (QED) is 0.801. The van der Waals surface area contributed by atoms with Crippen LogP contribution in [0.1, 0.15) is 17.5 Å². The van der Waals surface area contributed by atoms with Crippen molar-refractivity contribution in [2.75, 3.05) is 12.8 Å². The predicted octanol–water partition coefficient (Wildman–Crippen LogP) is 2.53. The first-order valence-corrected chi connectivity index (χ1v) is 6.94. The largest absolute Gasteiger partial charge is 0.487 e. The van der Waals surface area contributed by atoms with Crippen molar-refractivity contribution >= 4 is 11.6 Å². The van der Waals surface area contributed by atoms with Gasteiger partial charge in [-0.15, -0.1) is 0 Å². The van der Waals surface area contributed by atoms with Crippen molar-refractivity contribution in [1.82, 2.24) is 5.32 Å². The van der Waals surface area contributed by atoms with Crippen LogP contribution >= 0.6 is 0 Å². The van der Waals surface area contributed by atoms with Crippen LogP contribution in [0.5, 0.6) is 5.75 Å². The molecule has 110 valence electrons. The van der Waals surface area contributed by atoms with Gasteiger partial charge in [-0.25, -0.2) is 0 Å². The lowest BCUT2D eigenvalue weighted by Crippen LogP contribution is -2.17. The first-order chi connectivity index (χ1) is 10.2. The van der Waals surface area contributed by atoms with Gasteiger partial charge in [-0.2, -0.15) is 0 Å². The Labute approximate surface area is 124 Å². The normalized spacial score (nSPS) is 10.1. The summed E-state index contributed by atoms with van der Waals surface area (Å²) in [4.78, 5) is 11.2. The fourth-order valence-electron chi connectivity index (χ4n) is 2.00. The van der Waals surface area contributed by atoms with E-state index in [0.29, 0.717) is 30.9 Å². The zero-order valence-electron chi connectivity index (χ0n) is 12.1. The van der Waals surface area contributed by atoms with Crippen LogP contribution in [0.15, 0.2) is 48.5 Å². The van der Waals surface area contributed by atoms with E-state index in [9.17, 15) is 4.79 Å². The molecule has 0 heterocycles. The molecule has 4 heteroatoms. The van der Waals surface area contributed by atoms with E-state index >= 15 is 0 Å². The van der Waals surface area contributed by atoms with E-state index in [-0.39, 0.29) is 5.91 Å². The van der Waals surface area contributed by atoms with Crippen LogP contribution in [0, 0.1) is 0 Å². The lowest BCUT2D eigenvalue weighted by Gasteiger charge is -2.10.